The van der Waals surface area contributed by atoms with E-state index in [4.69, 9.17) is 16.6 Å². The van der Waals surface area contributed by atoms with Crippen molar-refractivity contribution in [1.29, 1.82) is 0 Å². The van der Waals surface area contributed by atoms with Crippen molar-refractivity contribution in [1.82, 2.24) is 20.5 Å². The Bertz CT molecular complexity index is 749. The molecule has 1 aliphatic rings. The van der Waals surface area contributed by atoms with Crippen LogP contribution in [0.15, 0.2) is 34.8 Å². The van der Waals surface area contributed by atoms with Gasteiger partial charge in [-0.05, 0) is 55.3 Å². The summed E-state index contributed by atoms with van der Waals surface area (Å²) < 4.78 is 0. The molecule has 0 aromatic carbocycles. The first-order valence-electron chi connectivity index (χ1n) is 9.57. The third-order valence-corrected chi connectivity index (χ3v) is 6.06. The Hall–Kier alpha value is -0.900. The fourth-order valence-corrected chi connectivity index (χ4v) is 4.21. The van der Waals surface area contributed by atoms with Crippen LogP contribution < -0.4 is 10.6 Å². The summed E-state index contributed by atoms with van der Waals surface area (Å²) in [6, 6.07) is 6.53. The van der Waals surface area contributed by atoms with E-state index in [-0.39, 0.29) is 24.0 Å². The monoisotopic (exact) mass is 533 g/mol. The van der Waals surface area contributed by atoms with Crippen molar-refractivity contribution < 1.29 is 0 Å². The third-order valence-electron chi connectivity index (χ3n) is 4.81. The number of hydrogen-bond acceptors (Lipinski definition) is 4. The van der Waals surface area contributed by atoms with E-state index in [1.807, 2.05) is 29.7 Å². The number of rotatable bonds is 7. The molecule has 0 fully saturated rings. The van der Waals surface area contributed by atoms with Crippen LogP contribution in [0, 0.1) is 0 Å². The highest BCUT2D eigenvalue weighted by Gasteiger charge is 2.21. The SMILES string of the molecule is CCNC(=NCC(C)N1CCc2sccc2C1)NCCc1ccc(Cl)nc1.I. The number of nitrogens with one attached hydrogen (secondary N) is 2. The number of nitrogens with zero attached hydrogens (tertiary/aromatic N) is 3. The molecule has 2 aromatic heterocycles. The Morgan fingerprint density at radius 3 is 2.96 bits per heavy atom. The molecule has 0 saturated heterocycles. The van der Waals surface area contributed by atoms with E-state index >= 15 is 0 Å². The molecule has 1 atom stereocenters. The van der Waals surface area contributed by atoms with Gasteiger partial charge >= 0.3 is 0 Å². The van der Waals surface area contributed by atoms with Gasteiger partial charge in [-0.3, -0.25) is 9.89 Å². The average Bonchev–Trinajstić information content (AvgIpc) is 3.15. The lowest BCUT2D eigenvalue weighted by atomic mass is 10.1. The smallest absolute Gasteiger partial charge is 0.191 e. The number of aliphatic imine (C=N–C) groups is 1. The van der Waals surface area contributed by atoms with Crippen molar-refractivity contribution in [3.05, 3.63) is 50.9 Å². The van der Waals surface area contributed by atoms with Crippen LogP contribution >= 0.6 is 46.9 Å². The summed E-state index contributed by atoms with van der Waals surface area (Å²) in [4.78, 5) is 13.0. The zero-order valence-electron chi connectivity index (χ0n) is 16.4. The fraction of sp³-hybridized carbons (Fsp3) is 0.500. The van der Waals surface area contributed by atoms with E-state index in [1.54, 1.807) is 4.88 Å². The van der Waals surface area contributed by atoms with E-state index in [0.717, 1.165) is 57.1 Å². The number of fused-ring (bicyclic) bond motifs is 1. The van der Waals surface area contributed by atoms with Crippen LogP contribution in [-0.4, -0.2) is 48.1 Å². The van der Waals surface area contributed by atoms with Crippen LogP contribution in [0.1, 0.15) is 29.9 Å². The second-order valence-corrected chi connectivity index (χ2v) is 8.21. The molecule has 0 aliphatic carbocycles. The summed E-state index contributed by atoms with van der Waals surface area (Å²) >= 11 is 7.72. The van der Waals surface area contributed by atoms with Crippen molar-refractivity contribution in [2.45, 2.75) is 39.3 Å². The molecule has 3 heterocycles. The number of aromatic nitrogens is 1. The standard InChI is InChI=1S/C20H28ClN5S.HI/c1-3-22-20(23-9-6-16-4-5-19(21)24-13-16)25-12-15(2)26-10-7-18-17(14-26)8-11-27-18;/h4-5,8,11,13,15H,3,6-7,9-10,12,14H2,1-2H3,(H2,22,23,25);1H. The highest BCUT2D eigenvalue weighted by atomic mass is 127. The van der Waals surface area contributed by atoms with E-state index in [2.05, 4.69) is 45.8 Å². The molecule has 0 radical (unpaired) electrons. The number of pyridine rings is 1. The van der Waals surface area contributed by atoms with Crippen LogP contribution in [-0.2, 0) is 19.4 Å². The molecule has 0 spiro atoms. The first-order valence-corrected chi connectivity index (χ1v) is 10.8. The first-order chi connectivity index (χ1) is 13.2. The lowest BCUT2D eigenvalue weighted by Crippen LogP contribution is -2.41. The molecule has 2 aromatic rings. The molecule has 1 unspecified atom stereocenters. The number of guanidine groups is 1. The molecule has 0 amide bonds. The van der Waals surface area contributed by atoms with Gasteiger partial charge < -0.3 is 10.6 Å². The van der Waals surface area contributed by atoms with Gasteiger partial charge in [0.2, 0.25) is 0 Å². The molecular weight excluding hydrogens is 505 g/mol. The normalized spacial score (nSPS) is 15.5. The molecular formula is C20H29ClIN5S. The number of halogens is 2. The summed E-state index contributed by atoms with van der Waals surface area (Å²) in [7, 11) is 0. The van der Waals surface area contributed by atoms with E-state index < -0.39 is 0 Å². The van der Waals surface area contributed by atoms with Gasteiger partial charge in [-0.2, -0.15) is 0 Å². The topological polar surface area (TPSA) is 52.6 Å². The van der Waals surface area contributed by atoms with E-state index in [9.17, 15) is 0 Å². The molecule has 8 heteroatoms. The lowest BCUT2D eigenvalue weighted by Gasteiger charge is -2.31. The maximum Gasteiger partial charge on any atom is 0.191 e. The summed E-state index contributed by atoms with van der Waals surface area (Å²) in [5.41, 5.74) is 2.65. The maximum atomic E-state index is 5.83. The van der Waals surface area contributed by atoms with Crippen LogP contribution in [0.4, 0.5) is 0 Å². The van der Waals surface area contributed by atoms with Crippen molar-refractivity contribution >= 4 is 52.9 Å². The van der Waals surface area contributed by atoms with Crippen LogP contribution in [0.25, 0.3) is 0 Å². The van der Waals surface area contributed by atoms with Gasteiger partial charge in [0.1, 0.15) is 5.15 Å². The Balaban J connectivity index is 0.00000280. The first kappa shape index (κ1) is 23.4. The highest BCUT2D eigenvalue weighted by Crippen LogP contribution is 2.25. The summed E-state index contributed by atoms with van der Waals surface area (Å²) in [6.45, 7) is 8.98. The minimum Gasteiger partial charge on any atom is -0.357 e. The van der Waals surface area contributed by atoms with Crippen molar-refractivity contribution in [3.63, 3.8) is 0 Å². The van der Waals surface area contributed by atoms with Gasteiger partial charge in [-0.15, -0.1) is 35.3 Å². The number of thiophene rings is 1. The molecule has 2 N–H and O–H groups in total. The highest BCUT2D eigenvalue weighted by molar-refractivity contribution is 14.0. The van der Waals surface area contributed by atoms with E-state index in [0.29, 0.717) is 11.2 Å². The third kappa shape index (κ3) is 6.86. The van der Waals surface area contributed by atoms with E-state index in [1.165, 1.54) is 5.56 Å². The molecule has 0 bridgehead atoms. The van der Waals surface area contributed by atoms with Gasteiger partial charge in [-0.1, -0.05) is 17.7 Å². The molecule has 154 valence electrons. The zero-order valence-corrected chi connectivity index (χ0v) is 20.4. The second-order valence-electron chi connectivity index (χ2n) is 6.82. The Morgan fingerprint density at radius 1 is 1.36 bits per heavy atom. The van der Waals surface area contributed by atoms with Gasteiger partial charge in [0.15, 0.2) is 5.96 Å². The Morgan fingerprint density at radius 2 is 2.21 bits per heavy atom. The van der Waals surface area contributed by atoms with Crippen LogP contribution in [0.2, 0.25) is 5.15 Å². The Kier molecular flexibility index (Phi) is 9.98. The summed E-state index contributed by atoms with van der Waals surface area (Å²) in [6.07, 6.45) is 3.87. The fourth-order valence-electron chi connectivity index (χ4n) is 3.21. The largest absolute Gasteiger partial charge is 0.357 e. The minimum absolute atomic E-state index is 0. The van der Waals surface area contributed by atoms with Gasteiger partial charge in [-0.25, -0.2) is 4.98 Å². The minimum atomic E-state index is 0. The van der Waals surface area contributed by atoms with Crippen LogP contribution in [0.5, 0.6) is 0 Å². The van der Waals surface area contributed by atoms with Gasteiger partial charge in [0.25, 0.3) is 0 Å². The molecule has 0 saturated carbocycles. The Labute approximate surface area is 194 Å². The second kappa shape index (κ2) is 11.9. The average molecular weight is 534 g/mol. The predicted octanol–water partition coefficient (Wildman–Crippen LogP) is 3.96. The summed E-state index contributed by atoms with van der Waals surface area (Å²) in [5.74, 6) is 0.875. The van der Waals surface area contributed by atoms with Crippen molar-refractivity contribution in [2.75, 3.05) is 26.2 Å². The van der Waals surface area contributed by atoms with Gasteiger partial charge in [0, 0.05) is 43.3 Å². The molecule has 28 heavy (non-hydrogen) atoms. The zero-order chi connectivity index (χ0) is 19.1. The molecule has 1 aliphatic heterocycles. The quantitative estimate of drug-likeness (QED) is 0.245. The number of hydrogen-bond donors (Lipinski definition) is 2. The maximum absolute atomic E-state index is 5.83. The van der Waals surface area contributed by atoms with Crippen molar-refractivity contribution in [2.24, 2.45) is 4.99 Å². The lowest BCUT2D eigenvalue weighted by molar-refractivity contribution is 0.197. The summed E-state index contributed by atoms with van der Waals surface area (Å²) in [5, 5.41) is 9.49. The predicted molar refractivity (Wildman–Crippen MR) is 130 cm³/mol. The molecule has 3 rings (SSSR count). The van der Waals surface area contributed by atoms with Gasteiger partial charge in [0.05, 0.1) is 6.54 Å². The molecule has 5 nitrogen and oxygen atoms in total. The van der Waals surface area contributed by atoms with Crippen molar-refractivity contribution in [3.8, 4) is 0 Å². The van der Waals surface area contributed by atoms with Crippen LogP contribution in [0.3, 0.4) is 0 Å².